The molecule has 2 aromatic carbocycles. The van der Waals surface area contributed by atoms with E-state index in [1.54, 1.807) is 42.5 Å². The number of nitrogens with one attached hydrogen (secondary N) is 2. The highest BCUT2D eigenvalue weighted by Gasteiger charge is 2.08. The first-order valence-electron chi connectivity index (χ1n) is 7.99. The number of esters is 1. The number of rotatable bonds is 5. The van der Waals surface area contributed by atoms with Crippen LogP contribution in [0.15, 0.2) is 60.2 Å². The molecule has 0 atom stereocenters. The van der Waals surface area contributed by atoms with Gasteiger partial charge in [-0.05, 0) is 56.3 Å². The minimum atomic E-state index is -0.451. The van der Waals surface area contributed by atoms with Gasteiger partial charge in [0.1, 0.15) is 5.75 Å². The van der Waals surface area contributed by atoms with Crippen LogP contribution in [0, 0.1) is 0 Å². The van der Waals surface area contributed by atoms with E-state index in [2.05, 4.69) is 10.6 Å². The van der Waals surface area contributed by atoms with Crippen LogP contribution in [-0.2, 0) is 9.59 Å². The fraction of sp³-hybridized carbons (Fsp3) is 0.150. The molecular weight excluding hydrogens is 332 g/mol. The molecule has 0 aromatic heterocycles. The predicted molar refractivity (Wildman–Crippen MR) is 100 cm³/mol. The first-order valence-corrected chi connectivity index (χ1v) is 7.99. The molecule has 134 valence electrons. The van der Waals surface area contributed by atoms with Crippen LogP contribution in [0.4, 0.5) is 11.4 Å². The minimum absolute atomic E-state index is 0.205. The Hall–Kier alpha value is -3.41. The van der Waals surface area contributed by atoms with E-state index in [1.165, 1.54) is 19.1 Å². The third kappa shape index (κ3) is 5.90. The summed E-state index contributed by atoms with van der Waals surface area (Å²) in [6.07, 6.45) is 1.51. The standard InChI is InChI=1S/C20H20N2O4/c1-13(2)11-19(24)21-16-7-9-17(10-8-16)22-20(25)15-5-4-6-18(12-15)26-14(3)23/h4-12H,1-3H3,(H,21,24)(H,22,25). The van der Waals surface area contributed by atoms with E-state index in [0.29, 0.717) is 22.7 Å². The number of hydrogen-bond donors (Lipinski definition) is 2. The maximum Gasteiger partial charge on any atom is 0.308 e. The summed E-state index contributed by atoms with van der Waals surface area (Å²) in [4.78, 5) is 35.0. The monoisotopic (exact) mass is 352 g/mol. The summed E-state index contributed by atoms with van der Waals surface area (Å²) in [6, 6.07) is 13.1. The fourth-order valence-corrected chi connectivity index (χ4v) is 2.15. The van der Waals surface area contributed by atoms with Gasteiger partial charge in [0.05, 0.1) is 0 Å². The maximum atomic E-state index is 12.3. The quantitative estimate of drug-likeness (QED) is 0.487. The molecule has 0 aliphatic carbocycles. The van der Waals surface area contributed by atoms with Gasteiger partial charge >= 0.3 is 5.97 Å². The lowest BCUT2D eigenvalue weighted by Crippen LogP contribution is -2.13. The van der Waals surface area contributed by atoms with Crippen molar-refractivity contribution in [1.82, 2.24) is 0 Å². The summed E-state index contributed by atoms with van der Waals surface area (Å²) < 4.78 is 4.97. The van der Waals surface area contributed by atoms with Gasteiger partial charge in [-0.1, -0.05) is 11.6 Å². The molecule has 2 N–H and O–H groups in total. The molecule has 0 spiro atoms. The number of ether oxygens (including phenoxy) is 1. The second-order valence-electron chi connectivity index (χ2n) is 5.86. The number of carbonyl (C=O) groups excluding carboxylic acids is 3. The van der Waals surface area contributed by atoms with E-state index in [1.807, 2.05) is 13.8 Å². The number of carbonyl (C=O) groups is 3. The van der Waals surface area contributed by atoms with E-state index < -0.39 is 5.97 Å². The van der Waals surface area contributed by atoms with Gasteiger partial charge in [0.15, 0.2) is 0 Å². The maximum absolute atomic E-state index is 12.3. The third-order valence-electron chi connectivity index (χ3n) is 3.19. The zero-order valence-corrected chi connectivity index (χ0v) is 14.8. The Balaban J connectivity index is 2.02. The largest absolute Gasteiger partial charge is 0.427 e. The van der Waals surface area contributed by atoms with Gasteiger partial charge in [-0.15, -0.1) is 0 Å². The molecule has 0 saturated carbocycles. The van der Waals surface area contributed by atoms with Crippen LogP contribution in [0.3, 0.4) is 0 Å². The lowest BCUT2D eigenvalue weighted by Gasteiger charge is -2.08. The van der Waals surface area contributed by atoms with Gasteiger partial charge in [-0.3, -0.25) is 14.4 Å². The molecule has 0 radical (unpaired) electrons. The number of allylic oxidation sites excluding steroid dienone is 1. The van der Waals surface area contributed by atoms with Crippen molar-refractivity contribution in [2.75, 3.05) is 10.6 Å². The van der Waals surface area contributed by atoms with E-state index in [4.69, 9.17) is 4.74 Å². The van der Waals surface area contributed by atoms with E-state index in [-0.39, 0.29) is 11.8 Å². The average Bonchev–Trinajstić information content (AvgIpc) is 2.55. The van der Waals surface area contributed by atoms with Crippen LogP contribution in [0.25, 0.3) is 0 Å². The highest BCUT2D eigenvalue weighted by molar-refractivity contribution is 6.05. The highest BCUT2D eigenvalue weighted by Crippen LogP contribution is 2.17. The van der Waals surface area contributed by atoms with Crippen molar-refractivity contribution in [3.05, 3.63) is 65.7 Å². The smallest absolute Gasteiger partial charge is 0.308 e. The molecule has 0 saturated heterocycles. The minimum Gasteiger partial charge on any atom is -0.427 e. The van der Waals surface area contributed by atoms with Crippen molar-refractivity contribution in [1.29, 1.82) is 0 Å². The zero-order valence-electron chi connectivity index (χ0n) is 14.8. The second kappa shape index (κ2) is 8.62. The number of hydrogen-bond acceptors (Lipinski definition) is 4. The lowest BCUT2D eigenvalue weighted by molar-refractivity contribution is -0.131. The summed E-state index contributed by atoms with van der Waals surface area (Å²) in [5.74, 6) is -0.680. The molecule has 2 amide bonds. The Labute approximate surface area is 151 Å². The average molecular weight is 352 g/mol. The van der Waals surface area contributed by atoms with Crippen LogP contribution in [0.2, 0.25) is 0 Å². The van der Waals surface area contributed by atoms with Crippen molar-refractivity contribution < 1.29 is 19.1 Å². The Morgan fingerprint density at radius 2 is 1.50 bits per heavy atom. The molecule has 0 aliphatic heterocycles. The normalized spacial score (nSPS) is 9.81. The van der Waals surface area contributed by atoms with Crippen LogP contribution in [0.5, 0.6) is 5.75 Å². The molecular formula is C20H20N2O4. The van der Waals surface area contributed by atoms with Gasteiger partial charge in [0.25, 0.3) is 5.91 Å². The first kappa shape index (κ1) is 18.9. The van der Waals surface area contributed by atoms with E-state index in [9.17, 15) is 14.4 Å². The number of anilines is 2. The Bertz CT molecular complexity index is 850. The van der Waals surface area contributed by atoms with Crippen LogP contribution in [0.1, 0.15) is 31.1 Å². The van der Waals surface area contributed by atoms with Crippen LogP contribution >= 0.6 is 0 Å². The Morgan fingerprint density at radius 3 is 2.08 bits per heavy atom. The molecule has 6 nitrogen and oxygen atoms in total. The van der Waals surface area contributed by atoms with E-state index in [0.717, 1.165) is 5.57 Å². The van der Waals surface area contributed by atoms with Gasteiger partial charge in [-0.25, -0.2) is 0 Å². The molecule has 0 heterocycles. The number of amides is 2. The van der Waals surface area contributed by atoms with Crippen LogP contribution < -0.4 is 15.4 Å². The fourth-order valence-electron chi connectivity index (χ4n) is 2.15. The highest BCUT2D eigenvalue weighted by atomic mass is 16.5. The molecule has 6 heteroatoms. The molecule has 0 aliphatic rings. The predicted octanol–water partition coefficient (Wildman–Crippen LogP) is 3.77. The lowest BCUT2D eigenvalue weighted by atomic mass is 10.2. The van der Waals surface area contributed by atoms with Crippen molar-refractivity contribution in [2.24, 2.45) is 0 Å². The zero-order chi connectivity index (χ0) is 19.1. The topological polar surface area (TPSA) is 84.5 Å². The van der Waals surface area contributed by atoms with Crippen molar-refractivity contribution in [3.8, 4) is 5.75 Å². The number of benzene rings is 2. The van der Waals surface area contributed by atoms with Gasteiger partial charge in [0, 0.05) is 29.9 Å². The first-order chi connectivity index (χ1) is 12.3. The van der Waals surface area contributed by atoms with Gasteiger partial charge in [-0.2, -0.15) is 0 Å². The molecule has 0 bridgehead atoms. The van der Waals surface area contributed by atoms with E-state index >= 15 is 0 Å². The van der Waals surface area contributed by atoms with Crippen molar-refractivity contribution >= 4 is 29.2 Å². The summed E-state index contributed by atoms with van der Waals surface area (Å²) >= 11 is 0. The SMILES string of the molecule is CC(=O)Oc1cccc(C(=O)Nc2ccc(NC(=O)C=C(C)C)cc2)c1. The summed E-state index contributed by atoms with van der Waals surface area (Å²) in [5, 5.41) is 5.48. The third-order valence-corrected chi connectivity index (χ3v) is 3.19. The summed E-state index contributed by atoms with van der Waals surface area (Å²) in [6.45, 7) is 4.98. The molecule has 0 fully saturated rings. The Morgan fingerprint density at radius 1 is 0.885 bits per heavy atom. The summed E-state index contributed by atoms with van der Waals surface area (Å²) in [5.41, 5.74) is 2.47. The van der Waals surface area contributed by atoms with Crippen molar-refractivity contribution in [3.63, 3.8) is 0 Å². The molecule has 0 unspecified atom stereocenters. The van der Waals surface area contributed by atoms with Crippen LogP contribution in [-0.4, -0.2) is 17.8 Å². The second-order valence-corrected chi connectivity index (χ2v) is 5.86. The molecule has 26 heavy (non-hydrogen) atoms. The Kier molecular flexibility index (Phi) is 6.27. The molecule has 2 aromatic rings. The molecule has 2 rings (SSSR count). The van der Waals surface area contributed by atoms with Gasteiger partial charge in [0.2, 0.25) is 5.91 Å². The van der Waals surface area contributed by atoms with Gasteiger partial charge < -0.3 is 15.4 Å². The summed E-state index contributed by atoms with van der Waals surface area (Å²) in [7, 11) is 0. The van der Waals surface area contributed by atoms with Crippen molar-refractivity contribution in [2.45, 2.75) is 20.8 Å².